The maximum Gasteiger partial charge on any atom is 0.305 e. The Balaban J connectivity index is 1.84. The molecule has 0 spiro atoms. The highest BCUT2D eigenvalue weighted by atomic mass is 16.4. The number of rotatable bonds is 5. The average molecular weight is 339 g/mol. The molecule has 0 bridgehead atoms. The highest BCUT2D eigenvalue weighted by Crippen LogP contribution is 2.26. The van der Waals surface area contributed by atoms with E-state index in [1.165, 1.54) is 0 Å². The summed E-state index contributed by atoms with van der Waals surface area (Å²) >= 11 is 0. The topological polar surface area (TPSA) is 95.7 Å². The van der Waals surface area contributed by atoms with Gasteiger partial charge < -0.3 is 21.1 Å². The van der Waals surface area contributed by atoms with E-state index in [-0.39, 0.29) is 12.3 Å². The SMILES string of the molecule is Nc1ccc2c(c1)CN(CCc1ccccc1)C(=O)C(CC(=O)O)N2. The molecule has 1 amide bonds. The lowest BCUT2D eigenvalue weighted by Crippen LogP contribution is -2.42. The number of carboxylic acids is 1. The molecule has 6 heteroatoms. The fourth-order valence-electron chi connectivity index (χ4n) is 3.05. The van der Waals surface area contributed by atoms with Crippen molar-refractivity contribution < 1.29 is 14.7 Å². The van der Waals surface area contributed by atoms with Crippen molar-refractivity contribution in [2.45, 2.75) is 25.4 Å². The molecule has 0 radical (unpaired) electrons. The van der Waals surface area contributed by atoms with Crippen LogP contribution < -0.4 is 11.1 Å². The standard InChI is InChI=1S/C19H21N3O3/c20-15-6-7-16-14(10-15)12-22(9-8-13-4-2-1-3-5-13)19(25)17(21-16)11-18(23)24/h1-7,10,17,21H,8-9,11-12,20H2,(H,23,24). The summed E-state index contributed by atoms with van der Waals surface area (Å²) in [5, 5.41) is 12.2. The number of benzene rings is 2. The van der Waals surface area contributed by atoms with Gasteiger partial charge in [0.1, 0.15) is 6.04 Å². The molecule has 0 saturated heterocycles. The number of nitrogens with two attached hydrogens (primary N) is 1. The molecule has 0 saturated carbocycles. The van der Waals surface area contributed by atoms with Crippen molar-refractivity contribution in [1.82, 2.24) is 4.90 Å². The zero-order valence-corrected chi connectivity index (χ0v) is 13.8. The summed E-state index contributed by atoms with van der Waals surface area (Å²) < 4.78 is 0. The monoisotopic (exact) mass is 339 g/mol. The first-order valence-corrected chi connectivity index (χ1v) is 8.22. The zero-order valence-electron chi connectivity index (χ0n) is 13.8. The second-order valence-corrected chi connectivity index (χ2v) is 6.21. The number of carboxylic acid groups (broad SMARTS) is 1. The maximum absolute atomic E-state index is 12.8. The van der Waals surface area contributed by atoms with Gasteiger partial charge >= 0.3 is 5.97 Å². The summed E-state index contributed by atoms with van der Waals surface area (Å²) in [6, 6.07) is 14.5. The maximum atomic E-state index is 12.8. The predicted octanol–water partition coefficient (Wildman–Crippen LogP) is 2.11. The molecule has 130 valence electrons. The van der Waals surface area contributed by atoms with E-state index in [0.717, 1.165) is 16.8 Å². The Hall–Kier alpha value is -3.02. The molecule has 0 aliphatic carbocycles. The van der Waals surface area contributed by atoms with Gasteiger partial charge in [-0.25, -0.2) is 0 Å². The van der Waals surface area contributed by atoms with Crippen LogP contribution in [0.2, 0.25) is 0 Å². The Morgan fingerprint density at radius 2 is 2.00 bits per heavy atom. The molecule has 1 unspecified atom stereocenters. The fourth-order valence-corrected chi connectivity index (χ4v) is 3.05. The van der Waals surface area contributed by atoms with Crippen LogP contribution in [0.4, 0.5) is 11.4 Å². The van der Waals surface area contributed by atoms with E-state index in [0.29, 0.717) is 25.2 Å². The average Bonchev–Trinajstić information content (AvgIpc) is 2.71. The van der Waals surface area contributed by atoms with Crippen LogP contribution >= 0.6 is 0 Å². The van der Waals surface area contributed by atoms with Crippen molar-refractivity contribution in [1.29, 1.82) is 0 Å². The summed E-state index contributed by atoms with van der Waals surface area (Å²) in [7, 11) is 0. The molecular formula is C19H21N3O3. The Kier molecular flexibility index (Phi) is 4.88. The minimum atomic E-state index is -1.01. The molecule has 2 aromatic rings. The van der Waals surface area contributed by atoms with Crippen molar-refractivity contribution in [3.63, 3.8) is 0 Å². The third-order valence-corrected chi connectivity index (χ3v) is 4.32. The number of nitrogen functional groups attached to an aromatic ring is 1. The highest BCUT2D eigenvalue weighted by Gasteiger charge is 2.30. The van der Waals surface area contributed by atoms with E-state index >= 15 is 0 Å². The van der Waals surface area contributed by atoms with E-state index in [1.807, 2.05) is 36.4 Å². The minimum Gasteiger partial charge on any atom is -0.481 e. The van der Waals surface area contributed by atoms with Crippen LogP contribution in [0.3, 0.4) is 0 Å². The third kappa shape index (κ3) is 4.09. The summed E-state index contributed by atoms with van der Waals surface area (Å²) in [6.45, 7) is 0.935. The van der Waals surface area contributed by atoms with Gasteiger partial charge in [-0.3, -0.25) is 9.59 Å². The number of hydrogen-bond donors (Lipinski definition) is 3. The Morgan fingerprint density at radius 3 is 2.72 bits per heavy atom. The predicted molar refractivity (Wildman–Crippen MR) is 96.1 cm³/mol. The Morgan fingerprint density at radius 1 is 1.24 bits per heavy atom. The summed E-state index contributed by atoms with van der Waals surface area (Å²) in [5.74, 6) is -1.21. The normalized spacial score (nSPS) is 16.7. The van der Waals surface area contributed by atoms with Crippen LogP contribution in [-0.4, -0.2) is 34.5 Å². The van der Waals surface area contributed by atoms with Crippen LogP contribution in [-0.2, 0) is 22.6 Å². The molecular weight excluding hydrogens is 318 g/mol. The van der Waals surface area contributed by atoms with Gasteiger partial charge in [-0.15, -0.1) is 0 Å². The Labute approximate surface area is 146 Å². The molecule has 1 aliphatic rings. The van der Waals surface area contributed by atoms with Crippen molar-refractivity contribution in [2.24, 2.45) is 0 Å². The molecule has 0 aromatic heterocycles. The lowest BCUT2D eigenvalue weighted by Gasteiger charge is -2.24. The van der Waals surface area contributed by atoms with E-state index in [1.54, 1.807) is 17.0 Å². The van der Waals surface area contributed by atoms with E-state index in [9.17, 15) is 9.59 Å². The van der Waals surface area contributed by atoms with Gasteiger partial charge in [0.05, 0.1) is 6.42 Å². The number of nitrogens with one attached hydrogen (secondary N) is 1. The van der Waals surface area contributed by atoms with Crippen LogP contribution in [0, 0.1) is 0 Å². The van der Waals surface area contributed by atoms with Gasteiger partial charge in [0.2, 0.25) is 5.91 Å². The van der Waals surface area contributed by atoms with Crippen LogP contribution in [0.25, 0.3) is 0 Å². The largest absolute Gasteiger partial charge is 0.481 e. The third-order valence-electron chi connectivity index (χ3n) is 4.32. The number of nitrogens with zero attached hydrogens (tertiary/aromatic N) is 1. The minimum absolute atomic E-state index is 0.201. The number of fused-ring (bicyclic) bond motifs is 1. The van der Waals surface area contributed by atoms with E-state index < -0.39 is 12.0 Å². The highest BCUT2D eigenvalue weighted by molar-refractivity contribution is 5.90. The second kappa shape index (κ2) is 7.25. The smallest absolute Gasteiger partial charge is 0.305 e. The first kappa shape index (κ1) is 16.8. The van der Waals surface area contributed by atoms with E-state index in [2.05, 4.69) is 5.32 Å². The first-order valence-electron chi connectivity index (χ1n) is 8.22. The van der Waals surface area contributed by atoms with Gasteiger partial charge in [-0.05, 0) is 35.7 Å². The number of carbonyl (C=O) groups is 2. The summed E-state index contributed by atoms with van der Waals surface area (Å²) in [5.41, 5.74) is 9.28. The van der Waals surface area contributed by atoms with E-state index in [4.69, 9.17) is 10.8 Å². The molecule has 1 atom stereocenters. The summed E-state index contributed by atoms with van der Waals surface area (Å²) in [4.78, 5) is 25.7. The Bertz CT molecular complexity index is 777. The molecule has 1 aliphatic heterocycles. The molecule has 4 N–H and O–H groups in total. The quantitative estimate of drug-likeness (QED) is 0.725. The van der Waals surface area contributed by atoms with Crippen molar-refractivity contribution in [3.05, 3.63) is 59.7 Å². The number of aliphatic carboxylic acids is 1. The van der Waals surface area contributed by atoms with Crippen LogP contribution in [0.15, 0.2) is 48.5 Å². The number of anilines is 2. The van der Waals surface area contributed by atoms with Crippen LogP contribution in [0.5, 0.6) is 0 Å². The van der Waals surface area contributed by atoms with Crippen molar-refractivity contribution in [3.8, 4) is 0 Å². The first-order chi connectivity index (χ1) is 12.0. The number of hydrogen-bond acceptors (Lipinski definition) is 4. The number of carbonyl (C=O) groups excluding carboxylic acids is 1. The van der Waals surface area contributed by atoms with Crippen molar-refractivity contribution >= 4 is 23.3 Å². The second-order valence-electron chi connectivity index (χ2n) is 6.21. The zero-order chi connectivity index (χ0) is 17.8. The molecule has 25 heavy (non-hydrogen) atoms. The summed E-state index contributed by atoms with van der Waals surface area (Å²) in [6.07, 6.45) is 0.453. The van der Waals surface area contributed by atoms with Crippen molar-refractivity contribution in [2.75, 3.05) is 17.6 Å². The molecule has 1 heterocycles. The van der Waals surface area contributed by atoms with Gasteiger partial charge in [-0.1, -0.05) is 30.3 Å². The fraction of sp³-hybridized carbons (Fsp3) is 0.263. The van der Waals surface area contributed by atoms with Gasteiger partial charge in [0, 0.05) is 24.5 Å². The lowest BCUT2D eigenvalue weighted by atomic mass is 10.1. The van der Waals surface area contributed by atoms with Gasteiger partial charge in [-0.2, -0.15) is 0 Å². The lowest BCUT2D eigenvalue weighted by molar-refractivity contribution is -0.141. The molecule has 2 aromatic carbocycles. The van der Waals surface area contributed by atoms with Crippen LogP contribution in [0.1, 0.15) is 17.5 Å². The number of amides is 1. The van der Waals surface area contributed by atoms with Gasteiger partial charge in [0.15, 0.2) is 0 Å². The molecule has 3 rings (SSSR count). The molecule has 6 nitrogen and oxygen atoms in total. The van der Waals surface area contributed by atoms with Gasteiger partial charge in [0.25, 0.3) is 0 Å². The molecule has 0 fully saturated rings.